The van der Waals surface area contributed by atoms with Gasteiger partial charge in [-0.25, -0.2) is 0 Å². The van der Waals surface area contributed by atoms with Crippen molar-refractivity contribution < 1.29 is 9.47 Å². The largest absolute Gasteiger partial charge is 0.496 e. The standard InChI is InChI=1S/C21H34N4O2.HI/c1-22-21(25-13-10-17(15-25)16-26-2)23-14-19(24-11-6-7-12-24)18-8-4-5-9-20(18)27-3;/h4-5,8-9,17,19H,6-7,10-16H2,1-3H3,(H,22,23);1H. The minimum absolute atomic E-state index is 0. The van der Waals surface area contributed by atoms with E-state index >= 15 is 0 Å². The fourth-order valence-corrected chi connectivity index (χ4v) is 4.35. The molecule has 0 amide bonds. The van der Waals surface area contributed by atoms with E-state index < -0.39 is 0 Å². The molecule has 2 unspecified atom stereocenters. The number of guanidine groups is 1. The van der Waals surface area contributed by atoms with Gasteiger partial charge in [-0.1, -0.05) is 18.2 Å². The predicted molar refractivity (Wildman–Crippen MR) is 125 cm³/mol. The van der Waals surface area contributed by atoms with Crippen LogP contribution in [0.5, 0.6) is 5.75 Å². The van der Waals surface area contributed by atoms with Crippen LogP contribution < -0.4 is 10.1 Å². The summed E-state index contributed by atoms with van der Waals surface area (Å²) in [5, 5.41) is 3.64. The molecule has 2 atom stereocenters. The lowest BCUT2D eigenvalue weighted by Gasteiger charge is -2.31. The van der Waals surface area contributed by atoms with Crippen LogP contribution in [0.2, 0.25) is 0 Å². The van der Waals surface area contributed by atoms with Crippen LogP contribution in [0.15, 0.2) is 29.3 Å². The van der Waals surface area contributed by atoms with Gasteiger partial charge in [0.15, 0.2) is 5.96 Å². The first kappa shape index (κ1) is 23.2. The molecule has 3 rings (SSSR count). The number of aliphatic imine (C=N–C) groups is 1. The average molecular weight is 502 g/mol. The van der Waals surface area contributed by atoms with Gasteiger partial charge in [-0.3, -0.25) is 9.89 Å². The number of hydrogen-bond donors (Lipinski definition) is 1. The van der Waals surface area contributed by atoms with Crippen molar-refractivity contribution in [3.63, 3.8) is 0 Å². The van der Waals surface area contributed by atoms with E-state index in [2.05, 4.69) is 38.3 Å². The highest BCUT2D eigenvalue weighted by molar-refractivity contribution is 14.0. The highest BCUT2D eigenvalue weighted by atomic mass is 127. The average Bonchev–Trinajstić information content (AvgIpc) is 3.38. The van der Waals surface area contributed by atoms with Crippen molar-refractivity contribution >= 4 is 29.9 Å². The third kappa shape index (κ3) is 5.73. The van der Waals surface area contributed by atoms with Crippen molar-refractivity contribution in [1.82, 2.24) is 15.1 Å². The molecule has 1 aromatic rings. The third-order valence-electron chi connectivity index (χ3n) is 5.73. The van der Waals surface area contributed by atoms with Crippen molar-refractivity contribution in [1.29, 1.82) is 0 Å². The molecule has 0 aromatic heterocycles. The normalized spacial score (nSPS) is 21.5. The second-order valence-electron chi connectivity index (χ2n) is 7.48. The number of para-hydroxylation sites is 1. The summed E-state index contributed by atoms with van der Waals surface area (Å²) in [5.74, 6) is 2.55. The molecule has 7 heteroatoms. The van der Waals surface area contributed by atoms with Crippen LogP contribution in [0.4, 0.5) is 0 Å². The molecule has 0 radical (unpaired) electrons. The zero-order chi connectivity index (χ0) is 19.1. The van der Waals surface area contributed by atoms with Crippen LogP contribution >= 0.6 is 24.0 Å². The first-order valence-electron chi connectivity index (χ1n) is 10.1. The molecule has 2 saturated heterocycles. The molecule has 1 N–H and O–H groups in total. The van der Waals surface area contributed by atoms with Crippen LogP contribution in [-0.2, 0) is 4.74 Å². The Kier molecular flexibility index (Phi) is 9.81. The first-order valence-corrected chi connectivity index (χ1v) is 10.1. The Labute approximate surface area is 186 Å². The Morgan fingerprint density at radius 2 is 1.96 bits per heavy atom. The minimum Gasteiger partial charge on any atom is -0.496 e. The molecule has 158 valence electrons. The van der Waals surface area contributed by atoms with Gasteiger partial charge < -0.3 is 19.7 Å². The zero-order valence-electron chi connectivity index (χ0n) is 17.4. The molecule has 6 nitrogen and oxygen atoms in total. The molecule has 1 aromatic carbocycles. The monoisotopic (exact) mass is 502 g/mol. The molecule has 2 aliphatic heterocycles. The highest BCUT2D eigenvalue weighted by Gasteiger charge is 2.28. The van der Waals surface area contributed by atoms with Crippen molar-refractivity contribution in [3.05, 3.63) is 29.8 Å². The third-order valence-corrected chi connectivity index (χ3v) is 5.73. The van der Waals surface area contributed by atoms with Crippen molar-refractivity contribution in [2.24, 2.45) is 10.9 Å². The Bertz CT molecular complexity index is 622. The SMILES string of the molecule is CN=C(NCC(c1ccccc1OC)N1CCCC1)N1CCC(COC)C1.I. The van der Waals surface area contributed by atoms with E-state index in [4.69, 9.17) is 9.47 Å². The van der Waals surface area contributed by atoms with E-state index in [1.807, 2.05) is 13.1 Å². The second kappa shape index (κ2) is 11.8. The van der Waals surface area contributed by atoms with Gasteiger partial charge in [0.25, 0.3) is 0 Å². The zero-order valence-corrected chi connectivity index (χ0v) is 19.7. The summed E-state index contributed by atoms with van der Waals surface area (Å²) in [7, 11) is 5.41. The topological polar surface area (TPSA) is 49.3 Å². The lowest BCUT2D eigenvalue weighted by molar-refractivity contribution is 0.157. The van der Waals surface area contributed by atoms with Crippen molar-refractivity contribution in [2.45, 2.75) is 25.3 Å². The van der Waals surface area contributed by atoms with Gasteiger partial charge >= 0.3 is 0 Å². The minimum atomic E-state index is 0. The van der Waals surface area contributed by atoms with Crippen LogP contribution in [0.1, 0.15) is 30.9 Å². The molecule has 0 bridgehead atoms. The number of methoxy groups -OCH3 is 2. The van der Waals surface area contributed by atoms with E-state index in [0.29, 0.717) is 5.92 Å². The second-order valence-corrected chi connectivity index (χ2v) is 7.48. The molecule has 0 aliphatic carbocycles. The van der Waals surface area contributed by atoms with Crippen LogP contribution in [0.25, 0.3) is 0 Å². The number of rotatable bonds is 7. The maximum atomic E-state index is 5.65. The van der Waals surface area contributed by atoms with Gasteiger partial charge in [-0.2, -0.15) is 0 Å². The van der Waals surface area contributed by atoms with Crippen molar-refractivity contribution in [3.8, 4) is 5.75 Å². The maximum absolute atomic E-state index is 5.65. The number of benzene rings is 1. The van der Waals surface area contributed by atoms with E-state index in [-0.39, 0.29) is 30.0 Å². The van der Waals surface area contributed by atoms with Gasteiger partial charge in [0.2, 0.25) is 0 Å². The number of halogens is 1. The molecule has 2 heterocycles. The quantitative estimate of drug-likeness (QED) is 0.353. The van der Waals surface area contributed by atoms with Gasteiger partial charge in [0, 0.05) is 45.3 Å². The maximum Gasteiger partial charge on any atom is 0.193 e. The molecule has 2 fully saturated rings. The van der Waals surface area contributed by atoms with Gasteiger partial charge in [0.05, 0.1) is 19.8 Å². The molecule has 28 heavy (non-hydrogen) atoms. The van der Waals surface area contributed by atoms with Crippen LogP contribution in [0.3, 0.4) is 0 Å². The Morgan fingerprint density at radius 1 is 1.21 bits per heavy atom. The summed E-state index contributed by atoms with van der Waals surface area (Å²) in [4.78, 5) is 9.46. The summed E-state index contributed by atoms with van der Waals surface area (Å²) in [6.45, 7) is 5.99. The highest BCUT2D eigenvalue weighted by Crippen LogP contribution is 2.31. The first-order chi connectivity index (χ1) is 13.3. The number of nitrogens with zero attached hydrogens (tertiary/aromatic N) is 3. The fourth-order valence-electron chi connectivity index (χ4n) is 4.35. The van der Waals surface area contributed by atoms with E-state index in [1.54, 1.807) is 14.2 Å². The molecule has 0 saturated carbocycles. The van der Waals surface area contributed by atoms with Crippen molar-refractivity contribution in [2.75, 3.05) is 60.6 Å². The molecular formula is C21H35IN4O2. The van der Waals surface area contributed by atoms with Crippen LogP contribution in [0, 0.1) is 5.92 Å². The summed E-state index contributed by atoms with van der Waals surface area (Å²) < 4.78 is 11.0. The van der Waals surface area contributed by atoms with Gasteiger partial charge in [-0.15, -0.1) is 24.0 Å². The van der Waals surface area contributed by atoms with E-state index in [0.717, 1.165) is 57.5 Å². The smallest absolute Gasteiger partial charge is 0.193 e. The fraction of sp³-hybridized carbons (Fsp3) is 0.667. The summed E-state index contributed by atoms with van der Waals surface area (Å²) in [5.41, 5.74) is 1.25. The number of nitrogens with one attached hydrogen (secondary N) is 1. The lowest BCUT2D eigenvalue weighted by Crippen LogP contribution is -2.44. The number of ether oxygens (including phenoxy) is 2. The number of hydrogen-bond acceptors (Lipinski definition) is 4. The Morgan fingerprint density at radius 3 is 2.64 bits per heavy atom. The molecular weight excluding hydrogens is 467 g/mol. The van der Waals surface area contributed by atoms with Crippen LogP contribution in [-0.4, -0.2) is 76.4 Å². The molecule has 0 spiro atoms. The summed E-state index contributed by atoms with van der Waals surface area (Å²) in [6.07, 6.45) is 3.70. The summed E-state index contributed by atoms with van der Waals surface area (Å²) >= 11 is 0. The Balaban J connectivity index is 0.00000280. The van der Waals surface area contributed by atoms with Gasteiger partial charge in [-0.05, 0) is 38.4 Å². The summed E-state index contributed by atoms with van der Waals surface area (Å²) in [6, 6.07) is 8.68. The lowest BCUT2D eigenvalue weighted by atomic mass is 10.0. The number of likely N-dealkylation sites (tertiary alicyclic amines) is 2. The van der Waals surface area contributed by atoms with E-state index in [9.17, 15) is 0 Å². The predicted octanol–water partition coefficient (Wildman–Crippen LogP) is 2.99. The van der Waals surface area contributed by atoms with E-state index in [1.165, 1.54) is 18.4 Å². The Hall–Kier alpha value is -1.06. The molecule has 2 aliphatic rings. The van der Waals surface area contributed by atoms with Gasteiger partial charge in [0.1, 0.15) is 5.75 Å².